The van der Waals surface area contributed by atoms with Crippen molar-refractivity contribution >= 4 is 27.6 Å². The first-order valence-corrected chi connectivity index (χ1v) is 26.9. The Morgan fingerprint density at radius 3 is 1.71 bits per heavy atom. The van der Waals surface area contributed by atoms with E-state index in [0.717, 1.165) is 64.2 Å². The number of hydrogen-bond acceptors (Lipinski definition) is 14. The van der Waals surface area contributed by atoms with Gasteiger partial charge >= 0.3 is 27.6 Å². The van der Waals surface area contributed by atoms with E-state index >= 15 is 0 Å². The van der Waals surface area contributed by atoms with E-state index in [-0.39, 0.29) is 12.8 Å². The second-order valence-corrected chi connectivity index (χ2v) is 18.9. The predicted molar refractivity (Wildman–Crippen MR) is 261 cm³/mol. The molecule has 0 heterocycles. The van der Waals surface area contributed by atoms with E-state index in [1.54, 1.807) is 12.2 Å². The zero-order valence-corrected chi connectivity index (χ0v) is 41.6. The number of carbonyl (C=O) groups is 2. The topological polar surface area (TPSA) is 276 Å². The molecular formula is C49H80O17P2. The summed E-state index contributed by atoms with van der Waals surface area (Å²) in [6, 6.07) is 0. The molecule has 0 radical (unpaired) electrons. The smallest absolute Gasteiger partial charge is 0.462 e. The van der Waals surface area contributed by atoms with E-state index in [2.05, 4.69) is 73.1 Å². The summed E-state index contributed by atoms with van der Waals surface area (Å²) in [5.41, 5.74) is 0. The number of hydrogen-bond donors (Lipinski definition) is 8. The van der Waals surface area contributed by atoms with E-state index in [4.69, 9.17) is 18.5 Å². The van der Waals surface area contributed by atoms with Crippen molar-refractivity contribution in [1.29, 1.82) is 0 Å². The van der Waals surface area contributed by atoms with Crippen LogP contribution >= 0.6 is 15.6 Å². The quantitative estimate of drug-likeness (QED) is 0.00953. The average Bonchev–Trinajstić information content (AvgIpc) is 3.29. The maximum atomic E-state index is 13.0. The van der Waals surface area contributed by atoms with Crippen molar-refractivity contribution < 1.29 is 82.0 Å². The molecule has 0 aromatic carbocycles. The van der Waals surface area contributed by atoms with Gasteiger partial charge in [0.05, 0.1) is 12.7 Å². The van der Waals surface area contributed by atoms with Gasteiger partial charge in [0.15, 0.2) is 6.10 Å². The molecule has 1 saturated carbocycles. The van der Waals surface area contributed by atoms with Crippen LogP contribution in [0.25, 0.3) is 0 Å². The van der Waals surface area contributed by atoms with Crippen LogP contribution < -0.4 is 0 Å². The number of phosphoric ester groups is 2. The van der Waals surface area contributed by atoms with Crippen LogP contribution in [0.5, 0.6) is 0 Å². The van der Waals surface area contributed by atoms with Crippen LogP contribution in [0.2, 0.25) is 0 Å². The van der Waals surface area contributed by atoms with Crippen LogP contribution in [0.4, 0.5) is 0 Å². The largest absolute Gasteiger partial charge is 0.472 e. The van der Waals surface area contributed by atoms with Crippen molar-refractivity contribution in [3.63, 3.8) is 0 Å². The first-order valence-electron chi connectivity index (χ1n) is 23.9. The number of aliphatic hydroxyl groups excluding tert-OH is 5. The standard InChI is InChI=1S/C49H80O17P2/c1-3-5-7-9-11-12-13-14-15-16-17-18-19-20-24-28-32-36-42(51)62-38-41(39-63-68(60,61)66-49-46(55)44(53)45(54)48(47(49)56)65-67(57,58)59)64-43(52)37-33-29-25-22-21-23-27-31-35-40(50)34-30-26-10-8-6-4-2/h5,7,11-12,14-15,17-18,22-23,25-27,30-31,35,40-41,44-50,53-56H,3-4,6,8-10,13,16,19-21,24,28-29,32-34,36-39H2,1-2H3,(H,60,61)(H2,57,58,59)/b7-5-,12-11-,15-14-,18-17-,25-22-,27-23-,30-26-,35-31+/t40-,41+,44?,45?,46?,47?,48+,49-/m0/s1. The molecule has 8 N–H and O–H groups in total. The summed E-state index contributed by atoms with van der Waals surface area (Å²) in [4.78, 5) is 54.3. The van der Waals surface area contributed by atoms with Gasteiger partial charge in [0, 0.05) is 12.8 Å². The minimum absolute atomic E-state index is 0.0627. The van der Waals surface area contributed by atoms with Crippen LogP contribution in [0.3, 0.4) is 0 Å². The lowest BCUT2D eigenvalue weighted by molar-refractivity contribution is -0.216. The fourth-order valence-electron chi connectivity index (χ4n) is 6.50. The lowest BCUT2D eigenvalue weighted by Crippen LogP contribution is -2.64. The fourth-order valence-corrected chi connectivity index (χ4v) is 8.04. The Kier molecular flexibility index (Phi) is 35.7. The van der Waals surface area contributed by atoms with Crippen molar-refractivity contribution in [2.24, 2.45) is 0 Å². The van der Waals surface area contributed by atoms with Crippen molar-refractivity contribution in [3.8, 4) is 0 Å². The number of esters is 2. The lowest BCUT2D eigenvalue weighted by Gasteiger charge is -2.43. The summed E-state index contributed by atoms with van der Waals surface area (Å²) < 4.78 is 49.3. The second-order valence-electron chi connectivity index (χ2n) is 16.3. The molecule has 1 fully saturated rings. The molecule has 68 heavy (non-hydrogen) atoms. The monoisotopic (exact) mass is 1000 g/mol. The molecular weight excluding hydrogens is 922 g/mol. The van der Waals surface area contributed by atoms with Crippen LogP contribution in [0.15, 0.2) is 97.2 Å². The lowest BCUT2D eigenvalue weighted by atomic mass is 9.85. The highest BCUT2D eigenvalue weighted by atomic mass is 31.2. The number of carbonyl (C=O) groups excluding carboxylic acids is 2. The average molecular weight is 1000 g/mol. The van der Waals surface area contributed by atoms with Crippen molar-refractivity contribution in [2.45, 2.75) is 185 Å². The molecule has 0 aliphatic heterocycles. The van der Waals surface area contributed by atoms with Gasteiger partial charge in [0.1, 0.15) is 43.2 Å². The van der Waals surface area contributed by atoms with Gasteiger partial charge in [-0.2, -0.15) is 0 Å². The summed E-state index contributed by atoms with van der Waals surface area (Å²) in [5, 5.41) is 51.3. The van der Waals surface area contributed by atoms with Gasteiger partial charge in [0.2, 0.25) is 0 Å². The predicted octanol–water partition coefficient (Wildman–Crippen LogP) is 8.14. The first kappa shape index (κ1) is 62.9. The van der Waals surface area contributed by atoms with Gasteiger partial charge < -0.3 is 49.7 Å². The Bertz CT molecular complexity index is 1700. The first-order chi connectivity index (χ1) is 32.5. The van der Waals surface area contributed by atoms with Crippen LogP contribution in [0, 0.1) is 0 Å². The zero-order chi connectivity index (χ0) is 50.5. The number of allylic oxidation sites excluding steroid dienone is 14. The molecule has 1 rings (SSSR count). The van der Waals surface area contributed by atoms with E-state index < -0.39 is 89.6 Å². The molecule has 0 amide bonds. The Hall–Kier alpha value is -3.12. The van der Waals surface area contributed by atoms with Crippen molar-refractivity contribution in [3.05, 3.63) is 97.2 Å². The summed E-state index contributed by atoms with van der Waals surface area (Å²) in [6.45, 7) is 2.81. The van der Waals surface area contributed by atoms with Gasteiger partial charge in [-0.25, -0.2) is 9.13 Å². The summed E-state index contributed by atoms with van der Waals surface area (Å²) in [5.74, 6) is -1.35. The Balaban J connectivity index is 2.68. The number of aliphatic hydroxyl groups is 5. The normalized spacial score (nSPS) is 22.6. The Labute approximate surface area is 403 Å². The highest BCUT2D eigenvalue weighted by Crippen LogP contribution is 2.49. The molecule has 0 bridgehead atoms. The summed E-state index contributed by atoms with van der Waals surface area (Å²) in [7, 11) is -10.7. The number of phosphoric acid groups is 2. The third-order valence-electron chi connectivity index (χ3n) is 10.2. The van der Waals surface area contributed by atoms with Crippen LogP contribution in [-0.2, 0) is 41.8 Å². The maximum absolute atomic E-state index is 13.0. The summed E-state index contributed by atoms with van der Waals surface area (Å²) in [6.07, 6.45) is 31.0. The molecule has 388 valence electrons. The SMILES string of the molecule is CC/C=C\C/C=C\C/C=C\C/C=C\CCCCCCC(=O)OC[C@H](COP(=O)(O)O[C@H]1C(O)C(O)C(O)[C@@H](OP(=O)(O)O)C1O)OC(=O)CCC/C=C\C/C=C\C=C\[C@@H](O)C/C=C\CCCCC. The third kappa shape index (κ3) is 32.6. The molecule has 0 spiro atoms. The fraction of sp³-hybridized carbons (Fsp3) is 0.633. The van der Waals surface area contributed by atoms with Gasteiger partial charge in [-0.3, -0.25) is 23.2 Å². The number of rotatable bonds is 38. The van der Waals surface area contributed by atoms with E-state index in [1.807, 2.05) is 30.4 Å². The van der Waals surface area contributed by atoms with Crippen molar-refractivity contribution in [2.75, 3.05) is 13.2 Å². The molecule has 1 aliphatic carbocycles. The maximum Gasteiger partial charge on any atom is 0.472 e. The Morgan fingerprint density at radius 1 is 0.559 bits per heavy atom. The number of ether oxygens (including phenoxy) is 2. The van der Waals surface area contributed by atoms with Gasteiger partial charge in [-0.05, 0) is 83.5 Å². The molecule has 9 atom stereocenters. The zero-order valence-electron chi connectivity index (χ0n) is 39.9. The molecule has 19 heteroatoms. The van der Waals surface area contributed by atoms with E-state index in [9.17, 15) is 58.9 Å². The van der Waals surface area contributed by atoms with Gasteiger partial charge in [-0.15, -0.1) is 0 Å². The Morgan fingerprint density at radius 2 is 1.09 bits per heavy atom. The summed E-state index contributed by atoms with van der Waals surface area (Å²) >= 11 is 0. The number of unbranched alkanes of at least 4 members (excludes halogenated alkanes) is 8. The van der Waals surface area contributed by atoms with Crippen LogP contribution in [-0.4, -0.2) is 114 Å². The second kappa shape index (κ2) is 38.6. The highest BCUT2D eigenvalue weighted by molar-refractivity contribution is 7.47. The van der Waals surface area contributed by atoms with Crippen molar-refractivity contribution in [1.82, 2.24) is 0 Å². The minimum atomic E-state index is -5.39. The van der Waals surface area contributed by atoms with E-state index in [0.29, 0.717) is 32.1 Å². The molecule has 17 nitrogen and oxygen atoms in total. The van der Waals surface area contributed by atoms with Crippen LogP contribution in [0.1, 0.15) is 136 Å². The van der Waals surface area contributed by atoms with Gasteiger partial charge in [-0.1, -0.05) is 137 Å². The molecule has 0 saturated heterocycles. The third-order valence-corrected chi connectivity index (χ3v) is 11.7. The molecule has 0 aromatic rings. The highest BCUT2D eigenvalue weighted by Gasteiger charge is 2.54. The molecule has 0 aromatic heterocycles. The molecule has 5 unspecified atom stereocenters. The van der Waals surface area contributed by atoms with Gasteiger partial charge in [0.25, 0.3) is 0 Å². The molecule has 1 aliphatic rings. The minimum Gasteiger partial charge on any atom is -0.462 e. The van der Waals surface area contributed by atoms with E-state index in [1.165, 1.54) is 12.8 Å².